The van der Waals surface area contributed by atoms with Crippen LogP contribution in [0.1, 0.15) is 28.8 Å². The van der Waals surface area contributed by atoms with Crippen LogP contribution in [0.4, 0.5) is 5.69 Å². The number of amides is 1. The number of ether oxygens (including phenoxy) is 1. The summed E-state index contributed by atoms with van der Waals surface area (Å²) in [6, 6.07) is 13.6. The number of aryl methyl sites for hydroxylation is 2. The summed E-state index contributed by atoms with van der Waals surface area (Å²) in [7, 11) is 0. The van der Waals surface area contributed by atoms with E-state index in [1.165, 1.54) is 0 Å². The Hall–Kier alpha value is -2.37. The van der Waals surface area contributed by atoms with E-state index in [0.717, 1.165) is 32.4 Å². The quantitative estimate of drug-likeness (QED) is 0.545. The van der Waals surface area contributed by atoms with Crippen molar-refractivity contribution in [3.05, 3.63) is 62.9 Å². The molecule has 1 aliphatic heterocycles. The maximum atomic E-state index is 13.1. The van der Waals surface area contributed by atoms with Crippen molar-refractivity contribution in [3.63, 3.8) is 0 Å². The van der Waals surface area contributed by atoms with Gasteiger partial charge in [0.05, 0.1) is 22.9 Å². The molecule has 1 atom stereocenters. The number of hydrogen-bond acceptors (Lipinski definition) is 4. The number of fused-ring (bicyclic) bond motifs is 1. The number of hydrogen-bond donors (Lipinski definition) is 0. The van der Waals surface area contributed by atoms with Gasteiger partial charge in [0.25, 0.3) is 5.91 Å². The minimum Gasteiger partial charge on any atom is -0.478 e. The third-order valence-corrected chi connectivity index (χ3v) is 6.15. The summed E-state index contributed by atoms with van der Waals surface area (Å²) >= 11 is 8.03. The molecule has 1 amide bonds. The van der Waals surface area contributed by atoms with Crippen LogP contribution in [0, 0.1) is 13.8 Å². The zero-order valence-electron chi connectivity index (χ0n) is 16.0. The SMILES string of the molecule is CCC1Oc2ccc(-c3nc(C)sc3C)cc2N(Cc2ccccc2Cl)C1=O. The molecule has 4 rings (SSSR count). The first kappa shape index (κ1) is 19.0. The molecule has 2 heterocycles. The normalized spacial score (nSPS) is 16.1. The highest BCUT2D eigenvalue weighted by Gasteiger charge is 2.34. The van der Waals surface area contributed by atoms with Crippen LogP contribution in [0.3, 0.4) is 0 Å². The molecule has 144 valence electrons. The first-order valence-electron chi connectivity index (χ1n) is 9.27. The highest BCUT2D eigenvalue weighted by atomic mass is 35.5. The second kappa shape index (κ2) is 7.57. The number of carbonyl (C=O) groups is 1. The van der Waals surface area contributed by atoms with Gasteiger partial charge in [0, 0.05) is 15.5 Å². The Morgan fingerprint density at radius 1 is 1.21 bits per heavy atom. The average Bonchev–Trinajstić information content (AvgIpc) is 3.03. The molecule has 3 aromatic rings. The van der Waals surface area contributed by atoms with E-state index in [9.17, 15) is 4.79 Å². The molecule has 0 N–H and O–H groups in total. The average molecular weight is 413 g/mol. The molecule has 1 unspecified atom stereocenters. The van der Waals surface area contributed by atoms with Gasteiger partial charge in [0.15, 0.2) is 6.10 Å². The van der Waals surface area contributed by atoms with Gasteiger partial charge >= 0.3 is 0 Å². The van der Waals surface area contributed by atoms with E-state index in [1.807, 2.05) is 56.3 Å². The molecule has 1 aliphatic rings. The second-order valence-corrected chi connectivity index (χ2v) is 8.67. The molecule has 6 heteroatoms. The Labute approximate surface area is 173 Å². The number of carbonyl (C=O) groups excluding carboxylic acids is 1. The Morgan fingerprint density at radius 3 is 2.68 bits per heavy atom. The van der Waals surface area contributed by atoms with Crippen LogP contribution in [0.2, 0.25) is 5.02 Å². The van der Waals surface area contributed by atoms with Gasteiger partial charge in [-0.05, 0) is 50.1 Å². The monoisotopic (exact) mass is 412 g/mol. The van der Waals surface area contributed by atoms with Gasteiger partial charge in [0.2, 0.25) is 0 Å². The molecule has 0 fully saturated rings. The van der Waals surface area contributed by atoms with Crippen molar-refractivity contribution in [1.82, 2.24) is 4.98 Å². The van der Waals surface area contributed by atoms with Crippen LogP contribution in [-0.4, -0.2) is 17.0 Å². The zero-order valence-corrected chi connectivity index (χ0v) is 17.6. The minimum atomic E-state index is -0.482. The van der Waals surface area contributed by atoms with E-state index in [2.05, 4.69) is 11.9 Å². The molecular formula is C22H21ClN2O2S. The molecule has 28 heavy (non-hydrogen) atoms. The number of thiazole rings is 1. The standard InChI is InChI=1S/C22H21ClN2O2S/c1-4-19-22(26)25(12-16-7-5-6-8-17(16)23)18-11-15(9-10-20(18)27-19)21-13(2)28-14(3)24-21/h5-11,19H,4,12H2,1-3H3. The summed E-state index contributed by atoms with van der Waals surface area (Å²) in [5.41, 5.74) is 3.60. The van der Waals surface area contributed by atoms with Crippen LogP contribution in [0.5, 0.6) is 5.75 Å². The van der Waals surface area contributed by atoms with Crippen LogP contribution >= 0.6 is 22.9 Å². The summed E-state index contributed by atoms with van der Waals surface area (Å²) in [6.07, 6.45) is 0.132. The van der Waals surface area contributed by atoms with E-state index in [-0.39, 0.29) is 5.91 Å². The highest BCUT2D eigenvalue weighted by molar-refractivity contribution is 7.11. The summed E-state index contributed by atoms with van der Waals surface area (Å²) in [4.78, 5) is 20.7. The van der Waals surface area contributed by atoms with E-state index >= 15 is 0 Å². The van der Waals surface area contributed by atoms with Crippen molar-refractivity contribution in [1.29, 1.82) is 0 Å². The van der Waals surface area contributed by atoms with Gasteiger partial charge in [-0.2, -0.15) is 0 Å². The molecule has 0 bridgehead atoms. The summed E-state index contributed by atoms with van der Waals surface area (Å²) in [6.45, 7) is 6.43. The molecule has 0 aliphatic carbocycles. The fourth-order valence-corrected chi connectivity index (χ4v) is 4.52. The number of benzene rings is 2. The first-order chi connectivity index (χ1) is 13.5. The zero-order chi connectivity index (χ0) is 19.8. The summed E-state index contributed by atoms with van der Waals surface area (Å²) < 4.78 is 5.98. The van der Waals surface area contributed by atoms with Crippen LogP contribution in [0.15, 0.2) is 42.5 Å². The van der Waals surface area contributed by atoms with Gasteiger partial charge in [-0.1, -0.05) is 36.7 Å². The highest BCUT2D eigenvalue weighted by Crippen LogP contribution is 2.40. The third-order valence-electron chi connectivity index (χ3n) is 4.89. The van der Waals surface area contributed by atoms with Crippen molar-refractivity contribution >= 4 is 34.5 Å². The Bertz CT molecular complexity index is 1050. The van der Waals surface area contributed by atoms with Gasteiger partial charge in [0.1, 0.15) is 5.75 Å². The van der Waals surface area contributed by atoms with E-state index < -0.39 is 6.10 Å². The van der Waals surface area contributed by atoms with E-state index in [0.29, 0.717) is 23.7 Å². The summed E-state index contributed by atoms with van der Waals surface area (Å²) in [5.74, 6) is 0.671. The smallest absolute Gasteiger partial charge is 0.268 e. The van der Waals surface area contributed by atoms with Gasteiger partial charge in [-0.3, -0.25) is 4.79 Å². The Kier molecular flexibility index (Phi) is 5.13. The Morgan fingerprint density at radius 2 is 2.00 bits per heavy atom. The molecule has 4 nitrogen and oxygen atoms in total. The van der Waals surface area contributed by atoms with Crippen molar-refractivity contribution in [3.8, 4) is 17.0 Å². The largest absolute Gasteiger partial charge is 0.478 e. The molecule has 0 radical (unpaired) electrons. The van der Waals surface area contributed by atoms with Crippen LogP contribution in [0.25, 0.3) is 11.3 Å². The lowest BCUT2D eigenvalue weighted by Crippen LogP contribution is -2.45. The number of rotatable bonds is 4. The van der Waals surface area contributed by atoms with E-state index in [4.69, 9.17) is 16.3 Å². The topological polar surface area (TPSA) is 42.4 Å². The number of halogens is 1. The van der Waals surface area contributed by atoms with Gasteiger partial charge < -0.3 is 9.64 Å². The Balaban J connectivity index is 1.80. The molecule has 1 aromatic heterocycles. The first-order valence-corrected chi connectivity index (χ1v) is 10.5. The maximum Gasteiger partial charge on any atom is 0.268 e. The lowest BCUT2D eigenvalue weighted by molar-refractivity contribution is -0.126. The van der Waals surface area contributed by atoms with Crippen molar-refractivity contribution in [2.24, 2.45) is 0 Å². The molecular weight excluding hydrogens is 392 g/mol. The molecule has 0 spiro atoms. The third kappa shape index (κ3) is 3.40. The van der Waals surface area contributed by atoms with Crippen molar-refractivity contribution in [2.75, 3.05) is 4.90 Å². The van der Waals surface area contributed by atoms with E-state index in [1.54, 1.807) is 16.2 Å². The van der Waals surface area contributed by atoms with Crippen LogP contribution in [-0.2, 0) is 11.3 Å². The number of aromatic nitrogens is 1. The lowest BCUT2D eigenvalue weighted by Gasteiger charge is -2.34. The summed E-state index contributed by atoms with van der Waals surface area (Å²) in [5, 5.41) is 1.68. The van der Waals surface area contributed by atoms with Crippen molar-refractivity contribution in [2.45, 2.75) is 39.8 Å². The van der Waals surface area contributed by atoms with Crippen molar-refractivity contribution < 1.29 is 9.53 Å². The maximum absolute atomic E-state index is 13.1. The fourth-order valence-electron chi connectivity index (χ4n) is 3.49. The second-order valence-electron chi connectivity index (χ2n) is 6.85. The minimum absolute atomic E-state index is 0.0433. The lowest BCUT2D eigenvalue weighted by atomic mass is 10.1. The van der Waals surface area contributed by atoms with Gasteiger partial charge in [-0.15, -0.1) is 11.3 Å². The number of anilines is 1. The van der Waals surface area contributed by atoms with Crippen LogP contribution < -0.4 is 9.64 Å². The molecule has 2 aromatic carbocycles. The fraction of sp³-hybridized carbons (Fsp3) is 0.273. The van der Waals surface area contributed by atoms with Gasteiger partial charge in [-0.25, -0.2) is 4.98 Å². The number of nitrogens with zero attached hydrogens (tertiary/aromatic N) is 2. The molecule has 0 saturated heterocycles. The molecule has 0 saturated carbocycles. The predicted molar refractivity (Wildman–Crippen MR) is 114 cm³/mol. The predicted octanol–water partition coefficient (Wildman–Crippen LogP) is 5.78.